The summed E-state index contributed by atoms with van der Waals surface area (Å²) < 4.78 is 54.3. The monoisotopic (exact) mass is 514 g/mol. The summed E-state index contributed by atoms with van der Waals surface area (Å²) >= 11 is 0. The van der Waals surface area contributed by atoms with Gasteiger partial charge in [-0.15, -0.1) is 13.2 Å². The molecule has 1 saturated heterocycles. The maximum absolute atomic E-state index is 13.3. The molecule has 37 heavy (non-hydrogen) atoms. The van der Waals surface area contributed by atoms with Crippen molar-refractivity contribution >= 4 is 29.4 Å². The normalized spacial score (nSPS) is 16.3. The topological polar surface area (TPSA) is 91.8 Å². The predicted molar refractivity (Wildman–Crippen MR) is 122 cm³/mol. The Labute approximate surface area is 207 Å². The summed E-state index contributed by atoms with van der Waals surface area (Å²) in [6.45, 7) is 0.0400. The summed E-state index contributed by atoms with van der Waals surface area (Å²) in [4.78, 5) is 45.3. The first-order chi connectivity index (χ1) is 17.6. The van der Waals surface area contributed by atoms with Crippen molar-refractivity contribution in [3.8, 4) is 5.75 Å². The van der Waals surface area contributed by atoms with Gasteiger partial charge in [0.1, 0.15) is 22.9 Å². The molecular weight excluding hydrogens is 496 g/mol. The summed E-state index contributed by atoms with van der Waals surface area (Å²) in [6, 6.07) is 12.0. The minimum atomic E-state index is -4.86. The second-order valence-electron chi connectivity index (χ2n) is 8.59. The van der Waals surface area contributed by atoms with Crippen molar-refractivity contribution in [2.75, 3.05) is 10.2 Å². The quantitative estimate of drug-likeness (QED) is 0.374. The molecule has 8 nitrogen and oxygen atoms in total. The zero-order valence-electron chi connectivity index (χ0n) is 19.0. The number of halogens is 4. The lowest BCUT2D eigenvalue weighted by Gasteiger charge is -2.21. The predicted octanol–water partition coefficient (Wildman–Crippen LogP) is 4.87. The molecule has 2 heterocycles. The minimum absolute atomic E-state index is 0.0400. The third-order valence-electron chi connectivity index (χ3n) is 6.11. The van der Waals surface area contributed by atoms with Crippen molar-refractivity contribution in [2.24, 2.45) is 0 Å². The number of ether oxygens (including phenoxy) is 1. The van der Waals surface area contributed by atoms with Gasteiger partial charge in [0.15, 0.2) is 0 Å². The van der Waals surface area contributed by atoms with Crippen molar-refractivity contribution in [2.45, 2.75) is 31.3 Å². The Bertz CT molecular complexity index is 1370. The van der Waals surface area contributed by atoms with E-state index >= 15 is 0 Å². The molecule has 1 aromatic heterocycles. The minimum Gasteiger partial charge on any atom is -0.406 e. The Morgan fingerprint density at radius 3 is 2.32 bits per heavy atom. The van der Waals surface area contributed by atoms with Crippen LogP contribution in [0.2, 0.25) is 0 Å². The molecule has 4 amide bonds. The van der Waals surface area contributed by atoms with Crippen LogP contribution in [0.3, 0.4) is 0 Å². The SMILES string of the molecule is O=C(Nc1cc(CN2C(=O)N(c3ccc(OC(F)(F)F)cc3)C(=O)C23CC3)ccn1)c1ccc(F)cc1. The molecule has 2 fully saturated rings. The van der Waals surface area contributed by atoms with E-state index in [1.54, 1.807) is 12.1 Å². The lowest BCUT2D eigenvalue weighted by atomic mass is 10.2. The Hall–Kier alpha value is -4.48. The lowest BCUT2D eigenvalue weighted by molar-refractivity contribution is -0.274. The number of alkyl halides is 3. The van der Waals surface area contributed by atoms with Crippen LogP contribution in [-0.2, 0) is 11.3 Å². The van der Waals surface area contributed by atoms with Gasteiger partial charge in [0, 0.05) is 18.3 Å². The van der Waals surface area contributed by atoms with E-state index in [0.717, 1.165) is 29.2 Å². The molecule has 0 radical (unpaired) electrons. The maximum atomic E-state index is 13.3. The highest BCUT2D eigenvalue weighted by atomic mass is 19.4. The number of benzene rings is 2. The lowest BCUT2D eigenvalue weighted by Crippen LogP contribution is -2.36. The van der Waals surface area contributed by atoms with Gasteiger partial charge in [-0.05, 0) is 79.1 Å². The molecule has 0 unspecified atom stereocenters. The van der Waals surface area contributed by atoms with E-state index in [4.69, 9.17) is 0 Å². The fourth-order valence-electron chi connectivity index (χ4n) is 4.17. The Morgan fingerprint density at radius 1 is 1.03 bits per heavy atom. The molecule has 0 atom stereocenters. The number of pyridine rings is 1. The molecule has 5 rings (SSSR count). The number of rotatable bonds is 6. The average Bonchev–Trinajstić information content (AvgIpc) is 3.62. The number of nitrogens with zero attached hydrogens (tertiary/aromatic N) is 3. The van der Waals surface area contributed by atoms with Crippen LogP contribution in [0.15, 0.2) is 66.9 Å². The van der Waals surface area contributed by atoms with Gasteiger partial charge in [-0.1, -0.05) is 0 Å². The van der Waals surface area contributed by atoms with E-state index in [2.05, 4.69) is 15.0 Å². The van der Waals surface area contributed by atoms with E-state index in [0.29, 0.717) is 18.4 Å². The number of nitrogens with one attached hydrogen (secondary N) is 1. The molecule has 0 bridgehead atoms. The summed E-state index contributed by atoms with van der Waals surface area (Å²) in [7, 11) is 0. The van der Waals surface area contributed by atoms with E-state index in [1.165, 1.54) is 35.4 Å². The fraction of sp³-hybridized carbons (Fsp3) is 0.200. The van der Waals surface area contributed by atoms with Crippen LogP contribution < -0.4 is 15.0 Å². The molecule has 1 saturated carbocycles. The molecule has 12 heteroatoms. The summed E-state index contributed by atoms with van der Waals surface area (Å²) in [5.41, 5.74) is -0.0834. The summed E-state index contributed by atoms with van der Waals surface area (Å²) in [6.07, 6.45) is -2.53. The van der Waals surface area contributed by atoms with Gasteiger partial charge in [0.05, 0.1) is 5.69 Å². The number of carbonyl (C=O) groups excluding carboxylic acids is 3. The molecule has 2 aliphatic rings. The molecule has 2 aromatic carbocycles. The third kappa shape index (κ3) is 4.82. The second kappa shape index (κ2) is 8.87. The highest BCUT2D eigenvalue weighted by Crippen LogP contribution is 2.49. The van der Waals surface area contributed by atoms with E-state index in [1.807, 2.05) is 0 Å². The molecule has 3 aromatic rings. The largest absolute Gasteiger partial charge is 0.573 e. The standard InChI is InChI=1S/C25H18F4N4O4/c26-17-3-1-16(2-4-17)21(34)31-20-13-15(9-12-30-20)14-32-23(36)33(22(35)24(32)10-11-24)18-5-7-19(8-6-18)37-25(27,28)29/h1-9,12-13H,10-11,14H2,(H,30,31,34). The first kappa shape index (κ1) is 24.2. The second-order valence-corrected chi connectivity index (χ2v) is 8.59. The van der Waals surface area contributed by atoms with Crippen molar-refractivity contribution in [3.05, 3.63) is 83.8 Å². The van der Waals surface area contributed by atoms with Crippen LogP contribution in [0, 0.1) is 5.82 Å². The number of imide groups is 1. The first-order valence-corrected chi connectivity index (χ1v) is 11.1. The Kier molecular flexibility index (Phi) is 5.81. The van der Waals surface area contributed by atoms with Crippen molar-refractivity contribution in [1.29, 1.82) is 0 Å². The molecule has 1 aliphatic carbocycles. The zero-order valence-corrected chi connectivity index (χ0v) is 19.0. The van der Waals surface area contributed by atoms with E-state index < -0.39 is 41.3 Å². The van der Waals surface area contributed by atoms with Gasteiger partial charge in [-0.25, -0.2) is 19.1 Å². The van der Waals surface area contributed by atoms with Crippen LogP contribution in [-0.4, -0.2) is 39.6 Å². The van der Waals surface area contributed by atoms with Gasteiger partial charge in [-0.2, -0.15) is 0 Å². The van der Waals surface area contributed by atoms with Crippen LogP contribution in [0.4, 0.5) is 33.9 Å². The summed E-state index contributed by atoms with van der Waals surface area (Å²) in [5, 5.41) is 2.61. The number of hydrogen-bond donors (Lipinski definition) is 1. The fourth-order valence-corrected chi connectivity index (χ4v) is 4.17. The number of carbonyl (C=O) groups is 3. The van der Waals surface area contributed by atoms with Crippen LogP contribution >= 0.6 is 0 Å². The average molecular weight is 514 g/mol. The van der Waals surface area contributed by atoms with Gasteiger partial charge in [0.2, 0.25) is 0 Å². The highest BCUT2D eigenvalue weighted by molar-refractivity contribution is 6.24. The summed E-state index contributed by atoms with van der Waals surface area (Å²) in [5.74, 6) is -1.71. The van der Waals surface area contributed by atoms with Crippen molar-refractivity contribution in [1.82, 2.24) is 9.88 Å². The van der Waals surface area contributed by atoms with Gasteiger partial charge in [-0.3, -0.25) is 9.59 Å². The Morgan fingerprint density at radius 2 is 1.70 bits per heavy atom. The van der Waals surface area contributed by atoms with Gasteiger partial charge < -0.3 is 15.0 Å². The van der Waals surface area contributed by atoms with Crippen LogP contribution in [0.25, 0.3) is 0 Å². The number of urea groups is 1. The third-order valence-corrected chi connectivity index (χ3v) is 6.11. The molecule has 1 N–H and O–H groups in total. The molecule has 1 spiro atoms. The molecular formula is C25H18F4N4O4. The van der Waals surface area contributed by atoms with E-state index in [-0.39, 0.29) is 23.6 Å². The van der Waals surface area contributed by atoms with Crippen molar-refractivity contribution < 1.29 is 36.7 Å². The van der Waals surface area contributed by atoms with Crippen LogP contribution in [0.1, 0.15) is 28.8 Å². The number of amides is 4. The number of aromatic nitrogens is 1. The van der Waals surface area contributed by atoms with Crippen molar-refractivity contribution in [3.63, 3.8) is 0 Å². The number of anilines is 2. The zero-order chi connectivity index (χ0) is 26.4. The molecule has 190 valence electrons. The smallest absolute Gasteiger partial charge is 0.406 e. The Balaban J connectivity index is 1.32. The number of hydrogen-bond acceptors (Lipinski definition) is 5. The van der Waals surface area contributed by atoms with Gasteiger partial charge in [0.25, 0.3) is 11.8 Å². The first-order valence-electron chi connectivity index (χ1n) is 11.1. The van der Waals surface area contributed by atoms with Gasteiger partial charge >= 0.3 is 12.4 Å². The van der Waals surface area contributed by atoms with Crippen LogP contribution in [0.5, 0.6) is 5.75 Å². The molecule has 1 aliphatic heterocycles. The maximum Gasteiger partial charge on any atom is 0.573 e. The highest BCUT2D eigenvalue weighted by Gasteiger charge is 2.65. The van der Waals surface area contributed by atoms with E-state index in [9.17, 15) is 31.9 Å².